The van der Waals surface area contributed by atoms with Gasteiger partial charge in [-0.25, -0.2) is 0 Å². The zero-order chi connectivity index (χ0) is 17.1. The lowest BCUT2D eigenvalue weighted by atomic mass is 9.79. The number of hydrogen-bond acceptors (Lipinski definition) is 6. The number of nitrogens with one attached hydrogen (secondary N) is 1. The molecular weight excluding hydrogens is 310 g/mol. The first kappa shape index (κ1) is 17.3. The molecule has 0 spiro atoms. The smallest absolute Gasteiger partial charge is 0.237 e. The summed E-state index contributed by atoms with van der Waals surface area (Å²) >= 11 is 0. The minimum Gasteiger partial charge on any atom is -0.388 e. The van der Waals surface area contributed by atoms with Crippen molar-refractivity contribution in [1.82, 2.24) is 25.0 Å². The minimum atomic E-state index is -0.127. The van der Waals surface area contributed by atoms with E-state index in [4.69, 9.17) is 4.74 Å². The lowest BCUT2D eigenvalue weighted by molar-refractivity contribution is -0.126. The molecule has 2 heterocycles. The van der Waals surface area contributed by atoms with Gasteiger partial charge in [0, 0.05) is 25.6 Å². The van der Waals surface area contributed by atoms with E-state index in [1.807, 2.05) is 11.6 Å². The highest BCUT2D eigenvalue weighted by Gasteiger charge is 2.37. The fourth-order valence-corrected chi connectivity index (χ4v) is 3.68. The molecule has 24 heavy (non-hydrogen) atoms. The molecule has 3 rings (SSSR count). The van der Waals surface area contributed by atoms with Gasteiger partial charge in [-0.1, -0.05) is 0 Å². The first-order valence-corrected chi connectivity index (χ1v) is 8.66. The number of nitrogens with zero attached hydrogens (tertiary/aromatic N) is 4. The maximum absolute atomic E-state index is 12.3. The first-order valence-electron chi connectivity index (χ1n) is 8.66. The van der Waals surface area contributed by atoms with Crippen molar-refractivity contribution < 1.29 is 14.6 Å². The monoisotopic (exact) mass is 337 g/mol. The third-order valence-corrected chi connectivity index (χ3v) is 5.19. The van der Waals surface area contributed by atoms with Crippen LogP contribution in [0.5, 0.6) is 0 Å². The van der Waals surface area contributed by atoms with Crippen LogP contribution in [0.2, 0.25) is 0 Å². The van der Waals surface area contributed by atoms with Crippen molar-refractivity contribution >= 4 is 5.91 Å². The van der Waals surface area contributed by atoms with Crippen LogP contribution < -0.4 is 5.32 Å². The number of rotatable bonds is 7. The number of amides is 1. The predicted molar refractivity (Wildman–Crippen MR) is 87.4 cm³/mol. The normalized spacial score (nSPS) is 27.2. The molecule has 1 aromatic rings. The minimum absolute atomic E-state index is 0.0235. The SMILES string of the molecule is COCCn1c(CO)nnc1C1CC(NC(=O)[C@H]2CCCN2C)C1. The van der Waals surface area contributed by atoms with Crippen LogP contribution in [0.4, 0.5) is 0 Å². The van der Waals surface area contributed by atoms with Gasteiger partial charge in [0.2, 0.25) is 5.91 Å². The Labute approximate surface area is 142 Å². The summed E-state index contributed by atoms with van der Waals surface area (Å²) < 4.78 is 7.06. The number of carbonyl (C=O) groups excluding carboxylic acids is 1. The van der Waals surface area contributed by atoms with Gasteiger partial charge in [-0.05, 0) is 39.3 Å². The van der Waals surface area contributed by atoms with Gasteiger partial charge < -0.3 is 19.7 Å². The van der Waals surface area contributed by atoms with Crippen molar-refractivity contribution in [1.29, 1.82) is 0 Å². The molecule has 0 unspecified atom stereocenters. The summed E-state index contributed by atoms with van der Waals surface area (Å²) in [7, 11) is 3.66. The largest absolute Gasteiger partial charge is 0.388 e. The molecule has 0 radical (unpaired) electrons. The number of carbonyl (C=O) groups is 1. The molecular formula is C16H27N5O3. The second-order valence-corrected chi connectivity index (χ2v) is 6.79. The quantitative estimate of drug-likeness (QED) is 0.720. The van der Waals surface area contributed by atoms with Crippen molar-refractivity contribution in [3.63, 3.8) is 0 Å². The van der Waals surface area contributed by atoms with Gasteiger partial charge in [0.1, 0.15) is 12.4 Å². The van der Waals surface area contributed by atoms with Crippen LogP contribution in [-0.2, 0) is 22.7 Å². The lowest BCUT2D eigenvalue weighted by Crippen LogP contribution is -2.50. The highest BCUT2D eigenvalue weighted by atomic mass is 16.5. The van der Waals surface area contributed by atoms with Gasteiger partial charge in [0.05, 0.1) is 12.6 Å². The highest BCUT2D eigenvalue weighted by Crippen LogP contribution is 2.36. The molecule has 1 aliphatic heterocycles. The van der Waals surface area contributed by atoms with E-state index >= 15 is 0 Å². The Bertz CT molecular complexity index is 570. The van der Waals surface area contributed by atoms with Gasteiger partial charge in [-0.15, -0.1) is 10.2 Å². The van der Waals surface area contributed by atoms with Gasteiger partial charge in [-0.3, -0.25) is 9.69 Å². The number of methoxy groups -OCH3 is 1. The van der Waals surface area contributed by atoms with E-state index < -0.39 is 0 Å². The van der Waals surface area contributed by atoms with Gasteiger partial charge >= 0.3 is 0 Å². The van der Waals surface area contributed by atoms with Crippen molar-refractivity contribution in [2.24, 2.45) is 0 Å². The van der Waals surface area contributed by atoms with Crippen LogP contribution in [0.15, 0.2) is 0 Å². The van der Waals surface area contributed by atoms with Crippen LogP contribution in [0, 0.1) is 0 Å². The van der Waals surface area contributed by atoms with E-state index in [2.05, 4.69) is 20.4 Å². The van der Waals surface area contributed by atoms with Crippen molar-refractivity contribution in [3.05, 3.63) is 11.6 Å². The van der Waals surface area contributed by atoms with Gasteiger partial charge in [-0.2, -0.15) is 0 Å². The summed E-state index contributed by atoms with van der Waals surface area (Å²) in [6, 6.07) is 0.233. The third kappa shape index (κ3) is 3.45. The molecule has 1 atom stereocenters. The predicted octanol–water partition coefficient (Wildman–Crippen LogP) is -0.127. The van der Waals surface area contributed by atoms with E-state index in [1.165, 1.54) is 0 Å². The Morgan fingerprint density at radius 1 is 1.42 bits per heavy atom. The summed E-state index contributed by atoms with van der Waals surface area (Å²) in [5, 5.41) is 20.9. The number of ether oxygens (including phenoxy) is 1. The maximum Gasteiger partial charge on any atom is 0.237 e. The molecule has 8 heteroatoms. The van der Waals surface area contributed by atoms with E-state index in [9.17, 15) is 9.90 Å². The fourth-order valence-electron chi connectivity index (χ4n) is 3.68. The number of likely N-dealkylation sites (N-methyl/N-ethyl adjacent to an activating group) is 1. The summed E-state index contributed by atoms with van der Waals surface area (Å²) in [4.78, 5) is 14.5. The number of likely N-dealkylation sites (tertiary alicyclic amines) is 1. The molecule has 134 valence electrons. The summed E-state index contributed by atoms with van der Waals surface area (Å²) in [5.74, 6) is 1.89. The molecule has 8 nitrogen and oxygen atoms in total. The fraction of sp³-hybridized carbons (Fsp3) is 0.812. The number of hydrogen-bond donors (Lipinski definition) is 2. The topological polar surface area (TPSA) is 92.5 Å². The molecule has 1 saturated heterocycles. The van der Waals surface area contributed by atoms with E-state index in [0.717, 1.165) is 38.1 Å². The van der Waals surface area contributed by atoms with Crippen LogP contribution in [0.3, 0.4) is 0 Å². The van der Waals surface area contributed by atoms with Crippen molar-refractivity contribution in [2.75, 3.05) is 27.3 Å². The highest BCUT2D eigenvalue weighted by molar-refractivity contribution is 5.82. The average molecular weight is 337 g/mol. The maximum atomic E-state index is 12.3. The molecule has 2 N–H and O–H groups in total. The zero-order valence-electron chi connectivity index (χ0n) is 14.4. The molecule has 0 bridgehead atoms. The second-order valence-electron chi connectivity index (χ2n) is 6.79. The Kier molecular flexibility index (Phi) is 5.47. The Morgan fingerprint density at radius 3 is 2.83 bits per heavy atom. The van der Waals surface area contributed by atoms with E-state index in [1.54, 1.807) is 7.11 Å². The molecule has 2 fully saturated rings. The Morgan fingerprint density at radius 2 is 2.21 bits per heavy atom. The number of aromatic nitrogens is 3. The molecule has 2 aliphatic rings. The van der Waals surface area contributed by atoms with Crippen LogP contribution >= 0.6 is 0 Å². The standard InChI is InChI=1S/C16H27N5O3/c1-20-5-3-4-13(20)16(23)17-12-8-11(9-12)15-19-18-14(10-22)21(15)6-7-24-2/h11-13,22H,3-10H2,1-2H3,(H,17,23)/t11?,12?,13-/m1/s1. The van der Waals surface area contributed by atoms with Crippen LogP contribution in [0.1, 0.15) is 43.3 Å². The second kappa shape index (κ2) is 7.58. The average Bonchev–Trinajstić information content (AvgIpc) is 3.14. The molecule has 1 saturated carbocycles. The summed E-state index contributed by atoms with van der Waals surface area (Å²) in [6.07, 6.45) is 3.79. The van der Waals surface area contributed by atoms with Gasteiger partial charge in [0.15, 0.2) is 5.82 Å². The summed E-state index contributed by atoms with van der Waals surface area (Å²) in [6.45, 7) is 2.06. The number of aliphatic hydroxyl groups is 1. The molecule has 1 amide bonds. The number of aliphatic hydroxyl groups excluding tert-OH is 1. The van der Waals surface area contributed by atoms with Gasteiger partial charge in [0.25, 0.3) is 0 Å². The Balaban J connectivity index is 1.54. The van der Waals surface area contributed by atoms with Crippen molar-refractivity contribution in [3.8, 4) is 0 Å². The van der Waals surface area contributed by atoms with E-state index in [-0.39, 0.29) is 30.5 Å². The van der Waals surface area contributed by atoms with E-state index in [0.29, 0.717) is 19.0 Å². The zero-order valence-corrected chi connectivity index (χ0v) is 14.4. The van der Waals surface area contributed by atoms with Crippen molar-refractivity contribution in [2.45, 2.75) is 56.8 Å². The molecule has 1 aromatic heterocycles. The summed E-state index contributed by atoms with van der Waals surface area (Å²) in [5.41, 5.74) is 0. The first-order chi connectivity index (χ1) is 11.6. The van der Waals surface area contributed by atoms with Crippen LogP contribution in [-0.4, -0.2) is 70.1 Å². The lowest BCUT2D eigenvalue weighted by Gasteiger charge is -2.36. The third-order valence-electron chi connectivity index (χ3n) is 5.19. The molecule has 1 aliphatic carbocycles. The van der Waals surface area contributed by atoms with Crippen LogP contribution in [0.25, 0.3) is 0 Å². The Hall–Kier alpha value is -1.51. The molecule has 0 aromatic carbocycles.